The van der Waals surface area contributed by atoms with Gasteiger partial charge in [0.05, 0.1) is 18.0 Å². The summed E-state index contributed by atoms with van der Waals surface area (Å²) in [4.78, 5) is 30.8. The third kappa shape index (κ3) is 3.37. The van der Waals surface area contributed by atoms with E-state index in [1.807, 2.05) is 0 Å². The molecule has 1 N–H and O–H groups in total. The van der Waals surface area contributed by atoms with E-state index in [2.05, 4.69) is 4.98 Å². The van der Waals surface area contributed by atoms with E-state index in [1.165, 1.54) is 15.9 Å². The monoisotopic (exact) mass is 405 g/mol. The van der Waals surface area contributed by atoms with E-state index in [4.69, 9.17) is 0 Å². The van der Waals surface area contributed by atoms with Crippen molar-refractivity contribution in [2.24, 2.45) is 5.92 Å². The van der Waals surface area contributed by atoms with Gasteiger partial charge in [0, 0.05) is 18.7 Å². The number of thiophene rings is 1. The first-order valence-corrected chi connectivity index (χ1v) is 9.71. The first-order valence-electron chi connectivity index (χ1n) is 8.84. The maximum absolute atomic E-state index is 14.2. The summed E-state index contributed by atoms with van der Waals surface area (Å²) in [5.74, 6) is -2.40. The number of rotatable bonds is 4. The minimum Gasteiger partial charge on any atom is -0.481 e. The molecular weight excluding hydrogens is 388 g/mol. The summed E-state index contributed by atoms with van der Waals surface area (Å²) in [6, 6.07) is 4.82. The first-order chi connectivity index (χ1) is 13.4. The predicted molar refractivity (Wildman–Crippen MR) is 102 cm³/mol. The van der Waals surface area contributed by atoms with Crippen LogP contribution in [0, 0.1) is 17.6 Å². The summed E-state index contributed by atoms with van der Waals surface area (Å²) in [7, 11) is 0. The number of aromatic nitrogens is 2. The molecule has 0 radical (unpaired) electrons. The average Bonchev–Trinajstić information content (AvgIpc) is 3.15. The lowest BCUT2D eigenvalue weighted by molar-refractivity contribution is -0.141. The lowest BCUT2D eigenvalue weighted by Gasteiger charge is -2.33. The van der Waals surface area contributed by atoms with Crippen molar-refractivity contribution < 1.29 is 18.7 Å². The van der Waals surface area contributed by atoms with Crippen LogP contribution in [0.25, 0.3) is 10.2 Å². The fraction of sp³-hybridized carbons (Fsp3) is 0.316. The quantitative estimate of drug-likeness (QED) is 0.722. The van der Waals surface area contributed by atoms with Gasteiger partial charge in [0.25, 0.3) is 5.56 Å². The van der Waals surface area contributed by atoms with Crippen molar-refractivity contribution in [3.05, 3.63) is 57.2 Å². The molecule has 1 unspecified atom stereocenters. The summed E-state index contributed by atoms with van der Waals surface area (Å²) >= 11 is 1.23. The molecule has 1 fully saturated rings. The van der Waals surface area contributed by atoms with Crippen molar-refractivity contribution >= 4 is 33.5 Å². The number of anilines is 1. The Labute approximate surface area is 162 Å². The number of hydrogen-bond acceptors (Lipinski definition) is 5. The molecule has 3 aromatic rings. The minimum absolute atomic E-state index is 0.0350. The Morgan fingerprint density at radius 1 is 1.32 bits per heavy atom. The van der Waals surface area contributed by atoms with Crippen LogP contribution in [0.15, 0.2) is 34.4 Å². The van der Waals surface area contributed by atoms with E-state index in [-0.39, 0.29) is 30.2 Å². The largest absolute Gasteiger partial charge is 0.481 e. The molecular formula is C19H17F2N3O3S. The summed E-state index contributed by atoms with van der Waals surface area (Å²) in [5, 5.41) is 11.1. The Morgan fingerprint density at radius 3 is 2.93 bits per heavy atom. The molecule has 1 saturated heterocycles. The third-order valence-electron chi connectivity index (χ3n) is 4.94. The van der Waals surface area contributed by atoms with Crippen LogP contribution in [0.2, 0.25) is 0 Å². The van der Waals surface area contributed by atoms with Crippen LogP contribution >= 0.6 is 11.3 Å². The molecule has 1 aromatic carbocycles. The van der Waals surface area contributed by atoms with Crippen LogP contribution in [0.1, 0.15) is 18.4 Å². The summed E-state index contributed by atoms with van der Waals surface area (Å²) in [5.41, 5.74) is 0.197. The van der Waals surface area contributed by atoms with Gasteiger partial charge in [-0.1, -0.05) is 0 Å². The van der Waals surface area contributed by atoms with E-state index in [1.54, 1.807) is 16.3 Å². The molecule has 0 saturated carbocycles. The maximum Gasteiger partial charge on any atom is 0.308 e. The number of fused-ring (bicyclic) bond motifs is 1. The van der Waals surface area contributed by atoms with Crippen molar-refractivity contribution in [1.29, 1.82) is 0 Å². The second kappa shape index (κ2) is 7.31. The smallest absolute Gasteiger partial charge is 0.308 e. The number of piperidine rings is 1. The number of aliphatic carboxylic acids is 1. The highest BCUT2D eigenvalue weighted by Gasteiger charge is 2.28. The topological polar surface area (TPSA) is 75.4 Å². The van der Waals surface area contributed by atoms with E-state index in [9.17, 15) is 23.5 Å². The second-order valence-corrected chi connectivity index (χ2v) is 7.71. The number of carboxylic acids is 1. The average molecular weight is 405 g/mol. The van der Waals surface area contributed by atoms with Crippen molar-refractivity contribution in [2.45, 2.75) is 19.4 Å². The third-order valence-corrected chi connectivity index (χ3v) is 5.83. The molecule has 0 amide bonds. The SMILES string of the molecule is O=C(O)C1CCCN(c2nc3ccsc3c(=O)n2Cc2cc(F)ccc2F)C1. The van der Waals surface area contributed by atoms with Crippen LogP contribution in [0.5, 0.6) is 0 Å². The molecule has 3 heterocycles. The molecule has 9 heteroatoms. The fourth-order valence-corrected chi connectivity index (χ4v) is 4.29. The first kappa shape index (κ1) is 18.5. The molecule has 28 heavy (non-hydrogen) atoms. The number of benzene rings is 1. The van der Waals surface area contributed by atoms with Crippen LogP contribution in [-0.4, -0.2) is 33.7 Å². The number of carboxylic acid groups (broad SMARTS) is 1. The molecule has 1 atom stereocenters. The second-order valence-electron chi connectivity index (χ2n) is 6.80. The van der Waals surface area contributed by atoms with Gasteiger partial charge in [0.2, 0.25) is 5.95 Å². The van der Waals surface area contributed by atoms with Gasteiger partial charge in [-0.25, -0.2) is 13.8 Å². The number of carbonyl (C=O) groups is 1. The Balaban J connectivity index is 1.83. The molecule has 1 aliphatic heterocycles. The maximum atomic E-state index is 14.2. The highest BCUT2D eigenvalue weighted by molar-refractivity contribution is 7.17. The normalized spacial score (nSPS) is 17.2. The van der Waals surface area contributed by atoms with E-state index < -0.39 is 23.5 Å². The molecule has 2 aromatic heterocycles. The van der Waals surface area contributed by atoms with E-state index in [0.29, 0.717) is 29.6 Å². The van der Waals surface area contributed by atoms with Crippen molar-refractivity contribution in [3.8, 4) is 0 Å². The standard InChI is InChI=1S/C19H17F2N3O3S/c20-13-3-4-14(21)12(8-13)10-24-17(25)16-15(5-7-28-16)22-19(24)23-6-1-2-11(9-23)18(26)27/h3-5,7-8,11H,1-2,6,9-10H2,(H,26,27). The summed E-state index contributed by atoms with van der Waals surface area (Å²) in [6.07, 6.45) is 1.19. The molecule has 146 valence electrons. The van der Waals surface area contributed by atoms with E-state index >= 15 is 0 Å². The highest BCUT2D eigenvalue weighted by Crippen LogP contribution is 2.25. The van der Waals surface area contributed by atoms with Gasteiger partial charge < -0.3 is 10.0 Å². The Bertz CT molecular complexity index is 1110. The predicted octanol–water partition coefficient (Wildman–Crippen LogP) is 3.09. The van der Waals surface area contributed by atoms with Crippen LogP contribution in [-0.2, 0) is 11.3 Å². The van der Waals surface area contributed by atoms with Crippen LogP contribution in [0.4, 0.5) is 14.7 Å². The molecule has 6 nitrogen and oxygen atoms in total. The number of hydrogen-bond donors (Lipinski definition) is 1. The minimum atomic E-state index is -0.897. The van der Waals surface area contributed by atoms with Gasteiger partial charge in [-0.2, -0.15) is 0 Å². The molecule has 0 bridgehead atoms. The van der Waals surface area contributed by atoms with Crippen molar-refractivity contribution in [2.75, 3.05) is 18.0 Å². The number of nitrogens with zero attached hydrogens (tertiary/aromatic N) is 3. The van der Waals surface area contributed by atoms with Gasteiger partial charge >= 0.3 is 5.97 Å². The van der Waals surface area contributed by atoms with Gasteiger partial charge in [-0.3, -0.25) is 14.2 Å². The van der Waals surface area contributed by atoms with Crippen molar-refractivity contribution in [1.82, 2.24) is 9.55 Å². The molecule has 0 aliphatic carbocycles. The zero-order valence-corrected chi connectivity index (χ0v) is 15.6. The lowest BCUT2D eigenvalue weighted by atomic mass is 9.99. The van der Waals surface area contributed by atoms with Crippen molar-refractivity contribution in [3.63, 3.8) is 0 Å². The van der Waals surface area contributed by atoms with E-state index in [0.717, 1.165) is 18.2 Å². The Morgan fingerprint density at radius 2 is 2.14 bits per heavy atom. The molecule has 0 spiro atoms. The van der Waals surface area contributed by atoms with Gasteiger partial charge in [0.15, 0.2) is 0 Å². The molecule has 4 rings (SSSR count). The lowest BCUT2D eigenvalue weighted by Crippen LogP contribution is -2.42. The Kier molecular flexibility index (Phi) is 4.84. The van der Waals surface area contributed by atoms with Gasteiger partial charge in [-0.15, -0.1) is 11.3 Å². The zero-order valence-electron chi connectivity index (χ0n) is 14.8. The van der Waals surface area contributed by atoms with Gasteiger partial charge in [-0.05, 0) is 42.5 Å². The van der Waals surface area contributed by atoms with Crippen LogP contribution in [0.3, 0.4) is 0 Å². The zero-order chi connectivity index (χ0) is 19.8. The highest BCUT2D eigenvalue weighted by atomic mass is 32.1. The summed E-state index contributed by atoms with van der Waals surface area (Å²) in [6.45, 7) is 0.563. The number of halogens is 2. The Hall–Kier alpha value is -2.81. The van der Waals surface area contributed by atoms with Gasteiger partial charge in [0.1, 0.15) is 16.3 Å². The fourth-order valence-electron chi connectivity index (χ4n) is 3.51. The summed E-state index contributed by atoms with van der Waals surface area (Å²) < 4.78 is 29.5. The molecule has 1 aliphatic rings. The van der Waals surface area contributed by atoms with Crippen LogP contribution < -0.4 is 10.5 Å².